The smallest absolute Gasteiger partial charge is 0.320 e. The standard InChI is InChI=1S/C17H18Cl3NO6/c18-17(19,20)8-25-11(22)6-21-12-13(23)14-10(26-15(12)21)7-24-16(27-14)9-4-2-1-3-5-9/h1-5,10,12-16,23H,6-8H2/t10?,12?,13?,14-,15+,16?,21?/m1/s1. The Morgan fingerprint density at radius 3 is 2.70 bits per heavy atom. The Morgan fingerprint density at radius 2 is 2.00 bits per heavy atom. The molecular formula is C17H18Cl3NO6. The Labute approximate surface area is 171 Å². The van der Waals surface area contributed by atoms with Crippen LogP contribution in [-0.2, 0) is 23.7 Å². The fourth-order valence-electron chi connectivity index (χ4n) is 3.47. The third-order valence-electron chi connectivity index (χ3n) is 4.75. The monoisotopic (exact) mass is 437 g/mol. The first-order valence-corrected chi connectivity index (χ1v) is 9.60. The van der Waals surface area contributed by atoms with Crippen LogP contribution < -0.4 is 0 Å². The number of halogens is 3. The number of alkyl halides is 3. The van der Waals surface area contributed by atoms with E-state index in [0.717, 1.165) is 5.56 Å². The van der Waals surface area contributed by atoms with Gasteiger partial charge in [-0.15, -0.1) is 0 Å². The Bertz CT molecular complexity index is 687. The summed E-state index contributed by atoms with van der Waals surface area (Å²) in [6.45, 7) is -0.129. The number of hydrogen-bond donors (Lipinski definition) is 1. The molecule has 1 aromatic rings. The molecule has 4 rings (SSSR count). The van der Waals surface area contributed by atoms with Crippen LogP contribution in [-0.4, -0.2) is 70.1 Å². The van der Waals surface area contributed by atoms with Crippen molar-refractivity contribution in [2.75, 3.05) is 19.8 Å². The molecule has 1 N–H and O–H groups in total. The zero-order chi connectivity index (χ0) is 19.2. The average Bonchev–Trinajstić information content (AvgIpc) is 3.32. The molecule has 5 unspecified atom stereocenters. The number of fused-ring (bicyclic) bond motifs is 2. The molecule has 3 aliphatic heterocycles. The van der Waals surface area contributed by atoms with E-state index in [4.69, 9.17) is 53.8 Å². The summed E-state index contributed by atoms with van der Waals surface area (Å²) in [5.41, 5.74) is 0.869. The number of nitrogens with zero attached hydrogens (tertiary/aromatic N) is 1. The second-order valence-electron chi connectivity index (χ2n) is 6.67. The quantitative estimate of drug-likeness (QED) is 0.436. The fraction of sp³-hybridized carbons (Fsp3) is 0.588. The summed E-state index contributed by atoms with van der Waals surface area (Å²) in [5, 5.41) is 10.7. The summed E-state index contributed by atoms with van der Waals surface area (Å²) in [6.07, 6.45) is -2.73. The van der Waals surface area contributed by atoms with Gasteiger partial charge in [0.25, 0.3) is 0 Å². The van der Waals surface area contributed by atoms with Gasteiger partial charge >= 0.3 is 5.97 Å². The summed E-state index contributed by atoms with van der Waals surface area (Å²) in [6, 6.07) is 9.14. The van der Waals surface area contributed by atoms with Gasteiger partial charge < -0.3 is 24.1 Å². The number of ether oxygens (including phenoxy) is 4. The molecule has 27 heavy (non-hydrogen) atoms. The summed E-state index contributed by atoms with van der Waals surface area (Å²) >= 11 is 16.7. The van der Waals surface area contributed by atoms with Gasteiger partial charge in [0.2, 0.25) is 3.79 Å². The van der Waals surface area contributed by atoms with Crippen LogP contribution >= 0.6 is 34.8 Å². The minimum absolute atomic E-state index is 0.0739. The van der Waals surface area contributed by atoms with Crippen molar-refractivity contribution < 1.29 is 28.8 Å². The first-order chi connectivity index (χ1) is 12.8. The lowest BCUT2D eigenvalue weighted by Gasteiger charge is -2.40. The van der Waals surface area contributed by atoms with E-state index in [1.54, 1.807) is 4.90 Å². The van der Waals surface area contributed by atoms with Crippen LogP contribution in [0.2, 0.25) is 0 Å². The number of carbonyl (C=O) groups is 1. The van der Waals surface area contributed by atoms with E-state index in [9.17, 15) is 9.90 Å². The van der Waals surface area contributed by atoms with E-state index in [1.165, 1.54) is 0 Å². The predicted molar refractivity (Wildman–Crippen MR) is 96.4 cm³/mol. The minimum atomic E-state index is -1.66. The van der Waals surface area contributed by atoms with Gasteiger partial charge in [-0.05, 0) is 0 Å². The Morgan fingerprint density at radius 1 is 1.26 bits per heavy atom. The fourth-order valence-corrected chi connectivity index (χ4v) is 3.63. The SMILES string of the molecule is O=C(CN1C2C(O)[C@@H]3OC(c4ccccc4)OCC3O[C@@H]21)OCC(Cl)(Cl)Cl. The largest absolute Gasteiger partial charge is 0.460 e. The number of aliphatic hydroxyl groups is 1. The van der Waals surface area contributed by atoms with Crippen molar-refractivity contribution in [3.05, 3.63) is 35.9 Å². The highest BCUT2D eigenvalue weighted by molar-refractivity contribution is 6.67. The third-order valence-corrected chi connectivity index (χ3v) is 5.08. The lowest BCUT2D eigenvalue weighted by molar-refractivity contribution is -0.296. The zero-order valence-electron chi connectivity index (χ0n) is 14.0. The van der Waals surface area contributed by atoms with Crippen LogP contribution in [0.5, 0.6) is 0 Å². The molecule has 0 aromatic heterocycles. The van der Waals surface area contributed by atoms with Crippen molar-refractivity contribution in [1.29, 1.82) is 0 Å². The highest BCUT2D eigenvalue weighted by Crippen LogP contribution is 2.43. The van der Waals surface area contributed by atoms with Gasteiger partial charge in [-0.2, -0.15) is 0 Å². The highest BCUT2D eigenvalue weighted by atomic mass is 35.6. The van der Waals surface area contributed by atoms with E-state index in [2.05, 4.69) is 0 Å². The summed E-state index contributed by atoms with van der Waals surface area (Å²) in [4.78, 5) is 13.6. The molecule has 0 radical (unpaired) electrons. The van der Waals surface area contributed by atoms with E-state index >= 15 is 0 Å². The molecule has 148 valence electrons. The van der Waals surface area contributed by atoms with Crippen molar-refractivity contribution in [1.82, 2.24) is 4.90 Å². The van der Waals surface area contributed by atoms with E-state index in [0.29, 0.717) is 0 Å². The molecule has 0 spiro atoms. The van der Waals surface area contributed by atoms with Crippen LogP contribution in [0.25, 0.3) is 0 Å². The van der Waals surface area contributed by atoms with Crippen LogP contribution in [0.15, 0.2) is 30.3 Å². The van der Waals surface area contributed by atoms with Gasteiger partial charge in [0, 0.05) is 5.56 Å². The van der Waals surface area contributed by atoms with E-state index < -0.39 is 34.4 Å². The van der Waals surface area contributed by atoms with Crippen LogP contribution in [0, 0.1) is 0 Å². The molecule has 3 aliphatic rings. The Kier molecular flexibility index (Phi) is 5.57. The maximum atomic E-state index is 11.9. The van der Waals surface area contributed by atoms with E-state index in [-0.39, 0.29) is 32.0 Å². The Balaban J connectivity index is 1.35. The molecule has 3 saturated heterocycles. The van der Waals surface area contributed by atoms with Crippen molar-refractivity contribution >= 4 is 40.8 Å². The molecular weight excluding hydrogens is 421 g/mol. The second kappa shape index (κ2) is 7.65. The molecule has 7 nitrogen and oxygen atoms in total. The van der Waals surface area contributed by atoms with Gasteiger partial charge in [-0.3, -0.25) is 9.69 Å². The van der Waals surface area contributed by atoms with Gasteiger partial charge in [-0.1, -0.05) is 65.1 Å². The zero-order valence-corrected chi connectivity index (χ0v) is 16.3. The van der Waals surface area contributed by atoms with Gasteiger partial charge in [-0.25, -0.2) is 0 Å². The lowest BCUT2D eigenvalue weighted by Crippen LogP contribution is -2.54. The van der Waals surface area contributed by atoms with Crippen molar-refractivity contribution in [3.63, 3.8) is 0 Å². The third kappa shape index (κ3) is 4.36. The van der Waals surface area contributed by atoms with Crippen LogP contribution in [0.4, 0.5) is 0 Å². The molecule has 1 aromatic carbocycles. The van der Waals surface area contributed by atoms with Crippen LogP contribution in [0.3, 0.4) is 0 Å². The van der Waals surface area contributed by atoms with Gasteiger partial charge in [0.15, 0.2) is 6.29 Å². The Hall–Kier alpha value is -0.640. The molecule has 0 bridgehead atoms. The average molecular weight is 439 g/mol. The highest BCUT2D eigenvalue weighted by Gasteiger charge is 2.63. The second-order valence-corrected chi connectivity index (χ2v) is 9.19. The topological polar surface area (TPSA) is 77.2 Å². The van der Waals surface area contributed by atoms with Crippen molar-refractivity contribution in [3.8, 4) is 0 Å². The number of esters is 1. The number of aliphatic hydroxyl groups excluding tert-OH is 1. The minimum Gasteiger partial charge on any atom is -0.460 e. The summed E-state index contributed by atoms with van der Waals surface area (Å²) < 4.78 is 20.8. The lowest BCUT2D eigenvalue weighted by atomic mass is 10.0. The number of hydrogen-bond acceptors (Lipinski definition) is 7. The number of carbonyl (C=O) groups excluding carboxylic acids is 1. The molecule has 10 heteroatoms. The van der Waals surface area contributed by atoms with Crippen LogP contribution in [0.1, 0.15) is 11.9 Å². The molecule has 7 atom stereocenters. The first kappa shape index (κ1) is 19.7. The van der Waals surface area contributed by atoms with Crippen molar-refractivity contribution in [2.45, 2.75) is 40.7 Å². The predicted octanol–water partition coefficient (Wildman–Crippen LogP) is 1.78. The molecule has 0 saturated carbocycles. The number of rotatable bonds is 4. The van der Waals surface area contributed by atoms with E-state index in [1.807, 2.05) is 30.3 Å². The summed E-state index contributed by atoms with van der Waals surface area (Å²) in [7, 11) is 0. The summed E-state index contributed by atoms with van der Waals surface area (Å²) in [5.74, 6) is -0.561. The molecule has 0 aliphatic carbocycles. The maximum absolute atomic E-state index is 11.9. The van der Waals surface area contributed by atoms with Gasteiger partial charge in [0.05, 0.1) is 19.2 Å². The molecule has 0 amide bonds. The molecule has 3 heterocycles. The first-order valence-electron chi connectivity index (χ1n) is 8.47. The number of benzene rings is 1. The van der Waals surface area contributed by atoms with Gasteiger partial charge in [0.1, 0.15) is 31.1 Å². The molecule has 3 fully saturated rings. The maximum Gasteiger partial charge on any atom is 0.320 e. The van der Waals surface area contributed by atoms with Crippen molar-refractivity contribution in [2.24, 2.45) is 0 Å². The normalized spacial score (nSPS) is 37.9.